The Morgan fingerprint density at radius 3 is 1.22 bits per heavy atom. The minimum Gasteiger partial charge on any atom is -0.477 e. The highest BCUT2D eigenvalue weighted by Crippen LogP contribution is 2.27. The molecule has 1 aromatic carbocycles. The number of carbonyl (C=O) groups is 2. The number of rotatable bonds is 8. The molecule has 532 valence electrons. The van der Waals surface area contributed by atoms with Gasteiger partial charge < -0.3 is 84.6 Å². The number of nitrogen functional groups attached to an aromatic ring is 2. The fraction of sp³-hybridized carbons (Fsp3) is 0.295. The summed E-state index contributed by atoms with van der Waals surface area (Å²) in [6.07, 6.45) is 12.3. The normalized spacial score (nSPS) is 9.22. The average Bonchev–Trinajstić information content (AvgIpc) is 0.815. The van der Waals surface area contributed by atoms with Crippen LogP contribution in [0.25, 0.3) is 55.8 Å². The number of para-hydroxylation sites is 2. The summed E-state index contributed by atoms with van der Waals surface area (Å²) >= 11 is 14.5. The Hall–Kier alpha value is -9.95. The fourth-order valence-electron chi connectivity index (χ4n) is 6.43. The number of fused-ring (bicyclic) bond motifs is 5. The molecule has 10 aromatic heterocycles. The number of H-pyrrole nitrogens is 2. The molecule has 0 saturated carbocycles. The first kappa shape index (κ1) is 90.1. The molecule has 0 aliphatic heterocycles. The van der Waals surface area contributed by atoms with Crippen molar-refractivity contribution < 1.29 is 28.5 Å². The lowest BCUT2D eigenvalue weighted by molar-refractivity contribution is -0.167. The van der Waals surface area contributed by atoms with Crippen LogP contribution in [0.15, 0.2) is 136 Å². The Bertz CT molecular complexity index is 3830. The maximum atomic E-state index is 10.8. The molecule has 0 radical (unpaired) electrons. The number of nitrogens with zero attached hydrogens (tertiary/aromatic N) is 15. The lowest BCUT2D eigenvalue weighted by Gasteiger charge is -2.20. The Labute approximate surface area is 586 Å². The topological polar surface area (TPSA) is 519 Å². The summed E-state index contributed by atoms with van der Waals surface area (Å²) in [4.78, 5) is 106. The van der Waals surface area contributed by atoms with Crippen LogP contribution in [0.5, 0.6) is 11.8 Å². The molecule has 11 aromatic rings. The monoisotopic (exact) mass is 1430 g/mol. The van der Waals surface area contributed by atoms with Crippen LogP contribution < -0.4 is 76.3 Å². The van der Waals surface area contributed by atoms with Gasteiger partial charge in [-0.25, -0.2) is 69.4 Å². The quantitative estimate of drug-likeness (QED) is 0.0413. The summed E-state index contributed by atoms with van der Waals surface area (Å²) in [6.45, 7) is 3.63. The molecular formula is C61H89Cl2N25O8S2. The van der Waals surface area contributed by atoms with Gasteiger partial charge in [0.2, 0.25) is 0 Å². The van der Waals surface area contributed by atoms with E-state index in [2.05, 4.69) is 119 Å². The largest absolute Gasteiger partial charge is 0.477 e. The van der Waals surface area contributed by atoms with E-state index < -0.39 is 23.1 Å². The number of benzene rings is 1. The van der Waals surface area contributed by atoms with E-state index in [4.69, 9.17) is 44.1 Å². The number of methoxy groups -OCH3 is 2. The third-order valence-electron chi connectivity index (χ3n) is 10.3. The summed E-state index contributed by atoms with van der Waals surface area (Å²) in [6, 6.07) is 25.3. The molecule has 10 heterocycles. The molecule has 0 aliphatic rings. The van der Waals surface area contributed by atoms with Crippen molar-refractivity contribution in [2.24, 2.45) is 34.4 Å². The van der Waals surface area contributed by atoms with E-state index in [1.165, 1.54) is 62.7 Å². The number of anilines is 4. The standard InChI is InChI=1S/C11H15N5.C9H9N3O2.C9H9N3S2.C7H3Cl2N3.C7H5N3O2.C6H8N2.C6H10O4.6CH5N/c1-15(2)10-11(16(3)4)14-9-8(13-10)6-5-7-12-9;2*1-13-8-9(14-2)12-7-6(11-8)4-3-5-10-7;8-5-6(9)12-7-4(11-5)2-1-3-10-7;11-6-7(12)10-5-4(9-6)2-1-3-8-5;7-5-3-1-2-4-6(5)8;1-3-9-5(7)6(8)10-4-2;6*1-2/h5-7H,1-4H3;2*3-5H,1-2H3;1-3H;1-3H,(H,9,11)(H,8,10,12);1-4H,7-8H2;3-4H2,1-2H3;6*2H2,1H3. The first-order chi connectivity index (χ1) is 47.4. The highest BCUT2D eigenvalue weighted by Gasteiger charge is 2.16. The van der Waals surface area contributed by atoms with Crippen molar-refractivity contribution >= 4 is 137 Å². The van der Waals surface area contributed by atoms with E-state index in [0.29, 0.717) is 62.3 Å². The number of halogens is 2. The molecule has 0 atom stereocenters. The van der Waals surface area contributed by atoms with E-state index in [-0.39, 0.29) is 23.5 Å². The molecule has 0 saturated heterocycles. The van der Waals surface area contributed by atoms with Crippen LogP contribution >= 0.6 is 46.7 Å². The van der Waals surface area contributed by atoms with Crippen molar-refractivity contribution in [1.29, 1.82) is 0 Å². The minimum atomic E-state index is -0.927. The van der Waals surface area contributed by atoms with Crippen molar-refractivity contribution in [3.05, 3.63) is 147 Å². The second-order valence-electron chi connectivity index (χ2n) is 16.7. The zero-order valence-corrected chi connectivity index (χ0v) is 60.7. The predicted molar refractivity (Wildman–Crippen MR) is 397 cm³/mol. The Balaban J connectivity index is 0. The maximum absolute atomic E-state index is 10.8. The van der Waals surface area contributed by atoms with Crippen LogP contribution in [0.1, 0.15) is 13.8 Å². The molecule has 98 heavy (non-hydrogen) atoms. The number of hydrogen-bond acceptors (Lipinski definition) is 33. The van der Waals surface area contributed by atoms with Crippen molar-refractivity contribution in [3.8, 4) is 11.8 Å². The van der Waals surface area contributed by atoms with Crippen molar-refractivity contribution in [2.45, 2.75) is 23.9 Å². The van der Waals surface area contributed by atoms with Gasteiger partial charge >= 0.3 is 23.1 Å². The average molecular weight is 1440 g/mol. The number of pyridine rings is 5. The number of carbonyl (C=O) groups excluding carboxylic acids is 2. The summed E-state index contributed by atoms with van der Waals surface area (Å²) in [5.41, 5.74) is 44.1. The molecule has 33 nitrogen and oxygen atoms in total. The summed E-state index contributed by atoms with van der Waals surface area (Å²) < 4.78 is 18.7. The summed E-state index contributed by atoms with van der Waals surface area (Å²) in [7, 11) is 19.9. The number of esters is 2. The van der Waals surface area contributed by atoms with Crippen LogP contribution in [0.3, 0.4) is 0 Å². The van der Waals surface area contributed by atoms with Crippen LogP contribution in [0, 0.1) is 0 Å². The van der Waals surface area contributed by atoms with Gasteiger partial charge in [-0.1, -0.05) is 35.3 Å². The van der Waals surface area contributed by atoms with Crippen LogP contribution in [0.2, 0.25) is 10.3 Å². The third kappa shape index (κ3) is 30.8. The van der Waals surface area contributed by atoms with Gasteiger partial charge in [0.05, 0.1) is 44.3 Å². The first-order valence-electron chi connectivity index (χ1n) is 28.7. The minimum absolute atomic E-state index is 0.183. The predicted octanol–water partition coefficient (Wildman–Crippen LogP) is 5.02. The molecule has 0 bridgehead atoms. The SMILES string of the molecule is CCOC(=O)C(=O)OCC.CN.CN.CN.CN.CN.CN.CN(C)c1nc2cccnc2nc1N(C)C.COc1nc2cccnc2nc1OC.CSc1nc2cccnc2nc1SC.Clc1nc2cccnc2nc1Cl.Nc1ccccc1N.O=c1[nH]c2cccnc2[nH]c1=O. The molecule has 0 amide bonds. The molecule has 0 unspecified atom stereocenters. The number of aromatic amines is 2. The molecule has 11 rings (SSSR count). The number of hydrogen-bond donors (Lipinski definition) is 10. The number of nitrogens with two attached hydrogens (primary N) is 8. The second kappa shape index (κ2) is 53.2. The summed E-state index contributed by atoms with van der Waals surface area (Å²) in [5.74, 6) is 0.544. The Morgan fingerprint density at radius 2 is 0.796 bits per heavy atom. The van der Waals surface area contributed by atoms with E-state index >= 15 is 0 Å². The molecule has 18 N–H and O–H groups in total. The van der Waals surface area contributed by atoms with Crippen molar-refractivity contribution in [2.75, 3.05) is 132 Å². The van der Waals surface area contributed by atoms with E-state index in [0.717, 1.165) is 38.4 Å². The van der Waals surface area contributed by atoms with Gasteiger partial charge in [-0.15, -0.1) is 23.5 Å². The van der Waals surface area contributed by atoms with Crippen molar-refractivity contribution in [3.63, 3.8) is 0 Å². The van der Waals surface area contributed by atoms with E-state index in [1.807, 2.05) is 93.0 Å². The lowest BCUT2D eigenvalue weighted by Crippen LogP contribution is -2.29. The molecule has 0 aliphatic carbocycles. The van der Waals surface area contributed by atoms with Crippen LogP contribution in [-0.2, 0) is 19.1 Å². The van der Waals surface area contributed by atoms with Crippen molar-refractivity contribution in [1.82, 2.24) is 74.8 Å². The van der Waals surface area contributed by atoms with E-state index in [1.54, 1.807) is 105 Å². The second-order valence-corrected chi connectivity index (χ2v) is 19.0. The molecule has 0 fully saturated rings. The Morgan fingerprint density at radius 1 is 0.449 bits per heavy atom. The fourth-order valence-corrected chi connectivity index (χ4v) is 7.99. The van der Waals surface area contributed by atoms with Gasteiger partial charge in [0.25, 0.3) is 11.8 Å². The maximum Gasteiger partial charge on any atom is 0.417 e. The first-order valence-corrected chi connectivity index (χ1v) is 31.9. The zero-order chi connectivity index (χ0) is 74.7. The highest BCUT2D eigenvalue weighted by atomic mass is 35.5. The lowest BCUT2D eigenvalue weighted by atomic mass is 10.3. The van der Waals surface area contributed by atoms with Gasteiger partial charge in [0.15, 0.2) is 50.2 Å². The van der Waals surface area contributed by atoms with Gasteiger partial charge in [-0.05, 0) is 141 Å². The number of nitrogens with one attached hydrogen (secondary N) is 2. The highest BCUT2D eigenvalue weighted by molar-refractivity contribution is 8.01. The summed E-state index contributed by atoms with van der Waals surface area (Å²) in [5, 5.41) is 2.31. The molecule has 37 heteroatoms. The van der Waals surface area contributed by atoms with Crippen LogP contribution in [0.4, 0.5) is 23.0 Å². The third-order valence-corrected chi connectivity index (χ3v) is 12.4. The molecular weight excluding hydrogens is 1350 g/mol. The number of thioether (sulfide) groups is 2. The van der Waals surface area contributed by atoms with E-state index in [9.17, 15) is 19.2 Å². The molecule has 0 spiro atoms. The van der Waals surface area contributed by atoms with Crippen LogP contribution in [-0.4, -0.2) is 197 Å². The van der Waals surface area contributed by atoms with Gasteiger partial charge in [0, 0.05) is 59.2 Å². The van der Waals surface area contributed by atoms with Gasteiger partial charge in [-0.2, -0.15) is 4.98 Å². The smallest absolute Gasteiger partial charge is 0.417 e. The van der Waals surface area contributed by atoms with Gasteiger partial charge in [-0.3, -0.25) is 9.59 Å². The zero-order valence-electron chi connectivity index (χ0n) is 57.5. The Kier molecular flexibility index (Phi) is 48.9. The number of ether oxygens (including phenoxy) is 4. The van der Waals surface area contributed by atoms with Gasteiger partial charge in [0.1, 0.15) is 32.1 Å². The number of aromatic nitrogens is 15.